The van der Waals surface area contributed by atoms with Crippen molar-refractivity contribution in [1.29, 1.82) is 0 Å². The summed E-state index contributed by atoms with van der Waals surface area (Å²) in [7, 11) is 0. The molecular formula is C12H10BrFN2S. The van der Waals surface area contributed by atoms with Gasteiger partial charge in [0, 0.05) is 16.8 Å². The fourth-order valence-corrected chi connectivity index (χ4v) is 2.05. The van der Waals surface area contributed by atoms with E-state index in [1.165, 1.54) is 6.07 Å². The van der Waals surface area contributed by atoms with Crippen molar-refractivity contribution in [2.75, 3.05) is 0 Å². The van der Waals surface area contributed by atoms with Gasteiger partial charge in [0.2, 0.25) is 0 Å². The highest BCUT2D eigenvalue weighted by Crippen LogP contribution is 2.23. The molecule has 0 amide bonds. The minimum atomic E-state index is -0.295. The van der Waals surface area contributed by atoms with Crippen LogP contribution in [0.3, 0.4) is 0 Å². The lowest BCUT2D eigenvalue weighted by atomic mass is 10.2. The Kier molecular flexibility index (Phi) is 3.40. The first-order chi connectivity index (χ1) is 7.99. The topological polar surface area (TPSA) is 28.7 Å². The number of benzene rings is 1. The molecule has 1 aromatic heterocycles. The Hall–Kier alpha value is -1.07. The second-order valence-corrected chi connectivity index (χ2v) is 5.01. The number of aromatic nitrogens is 2. The summed E-state index contributed by atoms with van der Waals surface area (Å²) in [6.45, 7) is 3.86. The molecule has 2 nitrogen and oxygen atoms in total. The quantitative estimate of drug-likeness (QED) is 0.794. The first-order valence-electron chi connectivity index (χ1n) is 5.02. The van der Waals surface area contributed by atoms with E-state index in [1.54, 1.807) is 12.1 Å². The molecule has 1 aromatic carbocycles. The Morgan fingerprint density at radius 3 is 2.65 bits per heavy atom. The summed E-state index contributed by atoms with van der Waals surface area (Å²) in [4.78, 5) is 7.45. The molecular weight excluding hydrogens is 303 g/mol. The second kappa shape index (κ2) is 4.66. The van der Waals surface area contributed by atoms with Crippen LogP contribution in [-0.4, -0.2) is 9.97 Å². The van der Waals surface area contributed by atoms with Gasteiger partial charge < -0.3 is 4.98 Å². The number of hydrogen-bond donors (Lipinski definition) is 1. The van der Waals surface area contributed by atoms with Crippen molar-refractivity contribution in [1.82, 2.24) is 9.97 Å². The van der Waals surface area contributed by atoms with Gasteiger partial charge in [0.25, 0.3) is 0 Å². The molecule has 1 heterocycles. The van der Waals surface area contributed by atoms with Gasteiger partial charge in [-0.25, -0.2) is 9.37 Å². The van der Waals surface area contributed by atoms with Crippen molar-refractivity contribution in [3.63, 3.8) is 0 Å². The molecule has 0 saturated heterocycles. The van der Waals surface area contributed by atoms with Gasteiger partial charge in [0.05, 0.1) is 4.47 Å². The average molecular weight is 313 g/mol. The maximum atomic E-state index is 13.1. The van der Waals surface area contributed by atoms with E-state index in [9.17, 15) is 4.39 Å². The van der Waals surface area contributed by atoms with Gasteiger partial charge in [-0.3, -0.25) is 0 Å². The van der Waals surface area contributed by atoms with Gasteiger partial charge >= 0.3 is 0 Å². The number of halogens is 2. The van der Waals surface area contributed by atoms with Gasteiger partial charge in [-0.15, -0.1) is 0 Å². The van der Waals surface area contributed by atoms with Crippen LogP contribution in [0.2, 0.25) is 0 Å². The molecule has 2 rings (SSSR count). The van der Waals surface area contributed by atoms with E-state index in [2.05, 4.69) is 25.9 Å². The van der Waals surface area contributed by atoms with Gasteiger partial charge in [-0.1, -0.05) is 12.2 Å². The molecule has 0 saturated carbocycles. The molecule has 2 aromatic rings. The van der Waals surface area contributed by atoms with Crippen molar-refractivity contribution < 1.29 is 4.39 Å². The molecule has 0 fully saturated rings. The highest BCUT2D eigenvalue weighted by atomic mass is 79.9. The molecule has 0 aliphatic heterocycles. The van der Waals surface area contributed by atoms with Crippen LogP contribution in [0.25, 0.3) is 11.4 Å². The van der Waals surface area contributed by atoms with E-state index in [-0.39, 0.29) is 5.82 Å². The van der Waals surface area contributed by atoms with E-state index in [1.807, 2.05) is 13.8 Å². The van der Waals surface area contributed by atoms with Crippen LogP contribution >= 0.6 is 28.1 Å². The fourth-order valence-electron chi connectivity index (χ4n) is 1.43. The Labute approximate surface area is 112 Å². The van der Waals surface area contributed by atoms with Crippen LogP contribution in [0.5, 0.6) is 0 Å². The average Bonchev–Trinajstić information content (AvgIpc) is 2.29. The normalized spacial score (nSPS) is 10.6. The van der Waals surface area contributed by atoms with E-state index < -0.39 is 0 Å². The van der Waals surface area contributed by atoms with Crippen molar-refractivity contribution in [3.8, 4) is 11.4 Å². The molecule has 88 valence electrons. The highest BCUT2D eigenvalue weighted by Gasteiger charge is 2.06. The lowest BCUT2D eigenvalue weighted by Crippen LogP contribution is -1.96. The maximum Gasteiger partial charge on any atom is 0.139 e. The van der Waals surface area contributed by atoms with E-state index >= 15 is 0 Å². The molecule has 5 heteroatoms. The lowest BCUT2D eigenvalue weighted by molar-refractivity contribution is 0.621. The lowest BCUT2D eigenvalue weighted by Gasteiger charge is -2.06. The predicted octanol–water partition coefficient (Wildman–Crippen LogP) is 4.32. The van der Waals surface area contributed by atoms with Crippen LogP contribution in [0, 0.1) is 24.3 Å². The molecule has 0 atom stereocenters. The van der Waals surface area contributed by atoms with Gasteiger partial charge in [-0.2, -0.15) is 0 Å². The standard InChI is InChI=1S/C12H10BrFN2S/c1-6-7(2)15-11(16-12(6)17)8-3-4-10(14)9(13)5-8/h3-5H,1-2H3,(H,15,16,17). The monoisotopic (exact) mass is 312 g/mol. The Bertz CT molecular complexity index is 637. The number of aryl methyl sites for hydroxylation is 1. The zero-order valence-corrected chi connectivity index (χ0v) is 11.7. The molecule has 0 unspecified atom stereocenters. The first-order valence-corrected chi connectivity index (χ1v) is 6.22. The van der Waals surface area contributed by atoms with Crippen molar-refractivity contribution in [3.05, 3.63) is 44.4 Å². The zero-order chi connectivity index (χ0) is 12.6. The van der Waals surface area contributed by atoms with Gasteiger partial charge in [0.1, 0.15) is 16.3 Å². The largest absolute Gasteiger partial charge is 0.343 e. The number of rotatable bonds is 1. The number of hydrogen-bond acceptors (Lipinski definition) is 2. The highest BCUT2D eigenvalue weighted by molar-refractivity contribution is 9.10. The Balaban J connectivity index is 2.61. The minimum Gasteiger partial charge on any atom is -0.343 e. The van der Waals surface area contributed by atoms with Crippen LogP contribution in [-0.2, 0) is 0 Å². The predicted molar refractivity (Wildman–Crippen MR) is 72.0 cm³/mol. The number of H-pyrrole nitrogens is 1. The SMILES string of the molecule is Cc1[nH]c(-c2ccc(F)c(Br)c2)nc(=S)c1C. The van der Waals surface area contributed by atoms with Crippen LogP contribution in [0.4, 0.5) is 4.39 Å². The Morgan fingerprint density at radius 2 is 2.06 bits per heavy atom. The van der Waals surface area contributed by atoms with Crippen molar-refractivity contribution >= 4 is 28.1 Å². The third-order valence-electron chi connectivity index (χ3n) is 2.60. The molecule has 0 aliphatic rings. The van der Waals surface area contributed by atoms with E-state index in [0.717, 1.165) is 16.8 Å². The fraction of sp³-hybridized carbons (Fsp3) is 0.167. The summed E-state index contributed by atoms with van der Waals surface area (Å²) < 4.78 is 14.1. The molecule has 0 bridgehead atoms. The molecule has 17 heavy (non-hydrogen) atoms. The maximum absolute atomic E-state index is 13.1. The third-order valence-corrected chi connectivity index (χ3v) is 3.60. The number of nitrogens with zero attached hydrogens (tertiary/aromatic N) is 1. The summed E-state index contributed by atoms with van der Waals surface area (Å²) in [6, 6.07) is 4.74. The smallest absolute Gasteiger partial charge is 0.139 e. The van der Waals surface area contributed by atoms with Crippen molar-refractivity contribution in [2.45, 2.75) is 13.8 Å². The summed E-state index contributed by atoms with van der Waals surface area (Å²) in [5.74, 6) is 0.356. The minimum absolute atomic E-state index is 0.295. The number of aromatic amines is 1. The summed E-state index contributed by atoms with van der Waals surface area (Å²) in [5, 5.41) is 0. The second-order valence-electron chi connectivity index (χ2n) is 3.77. The first kappa shape index (κ1) is 12.4. The van der Waals surface area contributed by atoms with Crippen molar-refractivity contribution in [2.24, 2.45) is 0 Å². The zero-order valence-electron chi connectivity index (χ0n) is 9.34. The van der Waals surface area contributed by atoms with Gasteiger partial charge in [-0.05, 0) is 48.0 Å². The van der Waals surface area contributed by atoms with E-state index in [0.29, 0.717) is 14.9 Å². The molecule has 0 spiro atoms. The Morgan fingerprint density at radius 1 is 1.35 bits per heavy atom. The molecule has 0 radical (unpaired) electrons. The molecule has 1 N–H and O–H groups in total. The van der Waals surface area contributed by atoms with E-state index in [4.69, 9.17) is 12.2 Å². The van der Waals surface area contributed by atoms with Crippen LogP contribution < -0.4 is 0 Å². The van der Waals surface area contributed by atoms with Gasteiger partial charge in [0.15, 0.2) is 0 Å². The van der Waals surface area contributed by atoms with Crippen LogP contribution in [0.1, 0.15) is 11.3 Å². The number of nitrogens with one attached hydrogen (secondary N) is 1. The summed E-state index contributed by atoms with van der Waals surface area (Å²) in [5.41, 5.74) is 2.73. The summed E-state index contributed by atoms with van der Waals surface area (Å²) >= 11 is 8.32. The van der Waals surface area contributed by atoms with Crippen LogP contribution in [0.15, 0.2) is 22.7 Å². The third kappa shape index (κ3) is 2.45. The molecule has 0 aliphatic carbocycles. The summed E-state index contributed by atoms with van der Waals surface area (Å²) in [6.07, 6.45) is 0.